The molecule has 0 aliphatic heterocycles. The Hall–Kier alpha value is -3.30. The molecule has 9 heteroatoms. The molecule has 0 saturated carbocycles. The summed E-state index contributed by atoms with van der Waals surface area (Å²) in [6, 6.07) is 15.9. The zero-order valence-corrected chi connectivity index (χ0v) is 13.4. The van der Waals surface area contributed by atoms with Gasteiger partial charge in [0.2, 0.25) is 0 Å². The highest BCUT2D eigenvalue weighted by atomic mass is 16.6. The van der Waals surface area contributed by atoms with Crippen LogP contribution in [0.1, 0.15) is 11.1 Å². The number of hydrogen-bond acceptors (Lipinski definition) is 7. The average molecular weight is 345 g/mol. The van der Waals surface area contributed by atoms with Crippen LogP contribution >= 0.6 is 0 Å². The molecule has 0 spiro atoms. The summed E-state index contributed by atoms with van der Waals surface area (Å²) < 4.78 is 5.31. The summed E-state index contributed by atoms with van der Waals surface area (Å²) >= 11 is 0. The Morgan fingerprint density at radius 2 is 1.84 bits per heavy atom. The normalized spacial score (nSPS) is 9.96. The number of carbonyl (C=O) groups excluding carboxylic acids is 1. The summed E-state index contributed by atoms with van der Waals surface area (Å²) in [4.78, 5) is 21.7. The van der Waals surface area contributed by atoms with Gasteiger partial charge >= 0.3 is 0 Å². The Balaban J connectivity index is 0.00000312. The number of hydrazone groups is 1. The molecule has 2 aromatic rings. The summed E-state index contributed by atoms with van der Waals surface area (Å²) in [5, 5.41) is 15.5. The predicted octanol–water partition coefficient (Wildman–Crippen LogP) is 2.25. The van der Waals surface area contributed by atoms with Gasteiger partial charge in [0.1, 0.15) is 5.75 Å². The van der Waals surface area contributed by atoms with Crippen LogP contribution in [-0.2, 0) is 11.3 Å². The molecule has 0 radical (unpaired) electrons. The SMILES string of the molecule is N.O=NN(O)Cc1ccc(OCC(=O)NN=Cc2ccccc2)cc1. The molecule has 0 aliphatic carbocycles. The molecule has 2 aromatic carbocycles. The van der Waals surface area contributed by atoms with Crippen LogP contribution in [0.4, 0.5) is 0 Å². The first kappa shape index (κ1) is 19.7. The van der Waals surface area contributed by atoms with Crippen molar-refractivity contribution < 1.29 is 14.7 Å². The third-order valence-electron chi connectivity index (χ3n) is 2.91. The fraction of sp³-hybridized carbons (Fsp3) is 0.125. The van der Waals surface area contributed by atoms with E-state index in [4.69, 9.17) is 9.94 Å². The van der Waals surface area contributed by atoms with Gasteiger partial charge in [0.15, 0.2) is 6.61 Å². The standard InChI is InChI=1S/C16H16N4O4.H3N/c21-16(18-17-10-13-4-2-1-3-5-13)12-24-15-8-6-14(7-9-15)11-20(23)19-22;/h1-10,23H,11-12H2,(H,18,21);1H3. The van der Waals surface area contributed by atoms with Crippen molar-refractivity contribution in [1.29, 1.82) is 0 Å². The first-order valence-corrected chi connectivity index (χ1v) is 7.06. The van der Waals surface area contributed by atoms with Gasteiger partial charge in [-0.1, -0.05) is 42.5 Å². The Morgan fingerprint density at radius 1 is 1.16 bits per heavy atom. The summed E-state index contributed by atoms with van der Waals surface area (Å²) in [5.41, 5.74) is 3.91. The number of nitrogens with zero attached hydrogens (tertiary/aromatic N) is 3. The number of ether oxygens (including phenoxy) is 1. The zero-order valence-electron chi connectivity index (χ0n) is 13.4. The molecular formula is C16H19N5O4. The van der Waals surface area contributed by atoms with E-state index in [1.807, 2.05) is 30.3 Å². The molecule has 25 heavy (non-hydrogen) atoms. The van der Waals surface area contributed by atoms with Crippen LogP contribution in [0.3, 0.4) is 0 Å². The molecule has 0 bridgehead atoms. The summed E-state index contributed by atoms with van der Waals surface area (Å²) in [6.07, 6.45) is 1.54. The lowest BCUT2D eigenvalue weighted by Gasteiger charge is -2.08. The van der Waals surface area contributed by atoms with E-state index < -0.39 is 5.91 Å². The molecule has 2 rings (SSSR count). The topological polar surface area (TPSA) is 139 Å². The molecule has 0 atom stereocenters. The van der Waals surface area contributed by atoms with E-state index in [0.717, 1.165) is 5.56 Å². The van der Waals surface area contributed by atoms with Gasteiger partial charge in [-0.3, -0.25) is 10.0 Å². The van der Waals surface area contributed by atoms with Gasteiger partial charge in [-0.05, 0) is 23.3 Å². The van der Waals surface area contributed by atoms with E-state index in [1.165, 1.54) is 6.21 Å². The minimum Gasteiger partial charge on any atom is -0.484 e. The van der Waals surface area contributed by atoms with Gasteiger partial charge in [0.05, 0.1) is 18.0 Å². The zero-order chi connectivity index (χ0) is 17.2. The second-order valence-electron chi connectivity index (χ2n) is 4.75. The number of rotatable bonds is 8. The molecule has 0 aliphatic rings. The fourth-order valence-electron chi connectivity index (χ4n) is 1.78. The van der Waals surface area contributed by atoms with E-state index in [0.29, 0.717) is 11.3 Å². The summed E-state index contributed by atoms with van der Waals surface area (Å²) in [5.74, 6) is 0.0856. The maximum atomic E-state index is 11.6. The van der Waals surface area contributed by atoms with Crippen molar-refractivity contribution >= 4 is 12.1 Å². The van der Waals surface area contributed by atoms with Crippen molar-refractivity contribution in [3.8, 4) is 5.75 Å². The van der Waals surface area contributed by atoms with Gasteiger partial charge in [-0.15, -0.1) is 10.1 Å². The van der Waals surface area contributed by atoms with E-state index in [-0.39, 0.29) is 24.5 Å². The van der Waals surface area contributed by atoms with E-state index >= 15 is 0 Å². The number of hydrogen-bond donors (Lipinski definition) is 3. The molecule has 0 unspecified atom stereocenters. The van der Waals surface area contributed by atoms with Crippen molar-refractivity contribution in [3.05, 3.63) is 70.6 Å². The van der Waals surface area contributed by atoms with Crippen LogP contribution in [-0.4, -0.2) is 29.1 Å². The highest BCUT2D eigenvalue weighted by molar-refractivity contribution is 5.82. The number of benzene rings is 2. The number of nitroso groups, excluding NO2 is 1. The van der Waals surface area contributed by atoms with Crippen LogP contribution in [0, 0.1) is 4.91 Å². The number of nitrogens with one attached hydrogen (secondary N) is 1. The number of amides is 1. The van der Waals surface area contributed by atoms with E-state index in [2.05, 4.69) is 15.8 Å². The van der Waals surface area contributed by atoms with E-state index in [1.54, 1.807) is 24.3 Å². The third-order valence-corrected chi connectivity index (χ3v) is 2.91. The van der Waals surface area contributed by atoms with Crippen LogP contribution in [0.25, 0.3) is 0 Å². The molecule has 132 valence electrons. The predicted molar refractivity (Wildman–Crippen MR) is 92.3 cm³/mol. The largest absolute Gasteiger partial charge is 0.484 e. The quantitative estimate of drug-likeness (QED) is 0.381. The van der Waals surface area contributed by atoms with Crippen LogP contribution < -0.4 is 16.3 Å². The molecule has 5 N–H and O–H groups in total. The maximum Gasteiger partial charge on any atom is 0.277 e. The molecule has 1 amide bonds. The maximum absolute atomic E-state index is 11.6. The lowest BCUT2D eigenvalue weighted by Crippen LogP contribution is -2.24. The summed E-state index contributed by atoms with van der Waals surface area (Å²) in [6.45, 7) is -0.216. The minimum absolute atomic E-state index is 0. The number of carbonyl (C=O) groups is 1. The number of hydroxylamine groups is 1. The van der Waals surface area contributed by atoms with Gasteiger partial charge in [-0.2, -0.15) is 5.10 Å². The third kappa shape index (κ3) is 7.20. The molecular weight excluding hydrogens is 326 g/mol. The van der Waals surface area contributed by atoms with Crippen molar-refractivity contribution in [1.82, 2.24) is 16.7 Å². The first-order valence-electron chi connectivity index (χ1n) is 7.06. The Labute approximate surface area is 144 Å². The lowest BCUT2D eigenvalue weighted by atomic mass is 10.2. The van der Waals surface area contributed by atoms with Gasteiger partial charge in [0.25, 0.3) is 5.91 Å². The monoisotopic (exact) mass is 345 g/mol. The van der Waals surface area contributed by atoms with Crippen molar-refractivity contribution in [2.75, 3.05) is 6.61 Å². The Bertz CT molecular complexity index is 691. The Kier molecular flexibility index (Phi) is 8.27. The molecule has 0 fully saturated rings. The summed E-state index contributed by atoms with van der Waals surface area (Å²) in [7, 11) is 0. The second kappa shape index (κ2) is 10.5. The highest BCUT2D eigenvalue weighted by Gasteiger charge is 2.03. The second-order valence-corrected chi connectivity index (χ2v) is 4.75. The molecule has 9 nitrogen and oxygen atoms in total. The smallest absolute Gasteiger partial charge is 0.277 e. The van der Waals surface area contributed by atoms with Crippen molar-refractivity contribution in [3.63, 3.8) is 0 Å². The van der Waals surface area contributed by atoms with Gasteiger partial charge < -0.3 is 10.9 Å². The molecule has 0 heterocycles. The lowest BCUT2D eigenvalue weighted by molar-refractivity contribution is -0.123. The van der Waals surface area contributed by atoms with Gasteiger partial charge in [0, 0.05) is 0 Å². The van der Waals surface area contributed by atoms with Crippen LogP contribution in [0.15, 0.2) is 65.0 Å². The molecule has 0 saturated heterocycles. The fourth-order valence-corrected chi connectivity index (χ4v) is 1.78. The first-order chi connectivity index (χ1) is 11.7. The average Bonchev–Trinajstić information content (AvgIpc) is 2.62. The van der Waals surface area contributed by atoms with Crippen LogP contribution in [0.2, 0.25) is 0 Å². The van der Waals surface area contributed by atoms with Crippen molar-refractivity contribution in [2.45, 2.75) is 6.54 Å². The van der Waals surface area contributed by atoms with E-state index in [9.17, 15) is 9.70 Å². The Morgan fingerprint density at radius 3 is 2.48 bits per heavy atom. The van der Waals surface area contributed by atoms with Crippen molar-refractivity contribution in [2.24, 2.45) is 10.4 Å². The van der Waals surface area contributed by atoms with Crippen LogP contribution in [0.5, 0.6) is 5.75 Å². The minimum atomic E-state index is -0.391. The van der Waals surface area contributed by atoms with Gasteiger partial charge in [-0.25, -0.2) is 5.43 Å². The highest BCUT2D eigenvalue weighted by Crippen LogP contribution is 2.13. The molecule has 0 aromatic heterocycles.